The lowest BCUT2D eigenvalue weighted by Gasteiger charge is -2.48. The molecule has 0 saturated carbocycles. The molecule has 1 aliphatic heterocycles. The van der Waals surface area contributed by atoms with Crippen molar-refractivity contribution < 1.29 is 32.4 Å². The maximum absolute atomic E-state index is 14.8. The number of phenols is 1. The molecule has 3 N–H and O–H groups in total. The second kappa shape index (κ2) is 10.6. The third-order valence-corrected chi connectivity index (χ3v) is 8.00. The van der Waals surface area contributed by atoms with Gasteiger partial charge in [0.1, 0.15) is 16.5 Å². The lowest BCUT2D eigenvalue weighted by molar-refractivity contribution is -0.131. The molecule has 0 unspecified atom stereocenters. The Morgan fingerprint density at radius 3 is 2.26 bits per heavy atom. The first kappa shape index (κ1) is 26.6. The van der Waals surface area contributed by atoms with E-state index < -0.39 is 34.0 Å². The molecule has 1 saturated heterocycles. The van der Waals surface area contributed by atoms with E-state index >= 15 is 0 Å². The number of carbonyl (C=O) groups is 1. The topological polar surface area (TPSA) is 115 Å². The van der Waals surface area contributed by atoms with Gasteiger partial charge >= 0.3 is 0 Å². The van der Waals surface area contributed by atoms with Gasteiger partial charge < -0.3 is 15.1 Å². The monoisotopic (exact) mass is 547 g/mol. The molecular formula is C30H26FNO6S. The van der Waals surface area contributed by atoms with Crippen LogP contribution >= 0.6 is 0 Å². The number of amides is 1. The summed E-state index contributed by atoms with van der Waals surface area (Å²) in [5.41, 5.74) is 1.68. The van der Waals surface area contributed by atoms with E-state index in [1.54, 1.807) is 36.4 Å². The van der Waals surface area contributed by atoms with E-state index in [1.165, 1.54) is 47.4 Å². The number of aliphatic hydroxyl groups excluding tert-OH is 1. The summed E-state index contributed by atoms with van der Waals surface area (Å²) in [5, 5.41) is 21.7. The third kappa shape index (κ3) is 5.16. The van der Waals surface area contributed by atoms with Crippen LogP contribution in [0, 0.1) is 11.7 Å². The Balaban J connectivity index is 1.50. The van der Waals surface area contributed by atoms with Crippen LogP contribution in [0.4, 0.5) is 10.1 Å². The van der Waals surface area contributed by atoms with Crippen LogP contribution in [0.2, 0.25) is 0 Å². The maximum atomic E-state index is 14.8. The van der Waals surface area contributed by atoms with Crippen LogP contribution in [0.5, 0.6) is 5.75 Å². The fraction of sp³-hybridized carbons (Fsp3) is 0.167. The van der Waals surface area contributed by atoms with Crippen molar-refractivity contribution in [1.82, 2.24) is 0 Å². The number of para-hydroxylation sites is 1. The Hall–Kier alpha value is -4.05. The largest absolute Gasteiger partial charge is 0.508 e. The second-order valence-corrected chi connectivity index (χ2v) is 10.8. The van der Waals surface area contributed by atoms with Crippen molar-refractivity contribution in [2.24, 2.45) is 5.92 Å². The Bertz CT molecular complexity index is 1630. The summed E-state index contributed by atoms with van der Waals surface area (Å²) in [4.78, 5) is 14.3. The van der Waals surface area contributed by atoms with Gasteiger partial charge in [-0.15, -0.1) is 0 Å². The minimum Gasteiger partial charge on any atom is -0.508 e. The molecule has 1 amide bonds. The van der Waals surface area contributed by atoms with Crippen molar-refractivity contribution in [2.75, 3.05) is 4.90 Å². The highest BCUT2D eigenvalue weighted by Crippen LogP contribution is 2.49. The molecule has 1 heterocycles. The fourth-order valence-corrected chi connectivity index (χ4v) is 5.89. The van der Waals surface area contributed by atoms with Crippen molar-refractivity contribution in [3.8, 4) is 16.9 Å². The second-order valence-electron chi connectivity index (χ2n) is 9.46. The summed E-state index contributed by atoms with van der Waals surface area (Å²) in [5.74, 6) is -1.77. The van der Waals surface area contributed by atoms with Crippen molar-refractivity contribution >= 4 is 21.7 Å². The average molecular weight is 548 g/mol. The zero-order valence-corrected chi connectivity index (χ0v) is 21.5. The average Bonchev–Trinajstić information content (AvgIpc) is 2.93. The fourth-order valence-electron chi connectivity index (χ4n) is 5.17. The van der Waals surface area contributed by atoms with Crippen molar-refractivity contribution in [2.45, 2.75) is 29.9 Å². The zero-order chi connectivity index (χ0) is 27.7. The standard InChI is InChI=1S/C30H26FNO6S/c31-24-11-5-6-12-25(24)32-29(23(30(32)35)16-17-26(33)19-8-2-1-3-9-19)22-15-14-20(18-27(22)34)21-10-4-7-13-28(21)39(36,37)38/h1-15,18,23,26,29,33-34H,16-17H2,(H,36,37,38)/t23-,26+,29-/m1/s1. The summed E-state index contributed by atoms with van der Waals surface area (Å²) in [6, 6.07) is 24.6. The first-order chi connectivity index (χ1) is 18.7. The summed E-state index contributed by atoms with van der Waals surface area (Å²) in [6.45, 7) is 0. The van der Waals surface area contributed by atoms with Crippen LogP contribution in [-0.4, -0.2) is 29.1 Å². The molecule has 0 bridgehead atoms. The molecule has 4 aromatic rings. The maximum Gasteiger partial charge on any atom is 0.295 e. The van der Waals surface area contributed by atoms with Gasteiger partial charge in [-0.25, -0.2) is 4.39 Å². The van der Waals surface area contributed by atoms with Crippen molar-refractivity contribution in [3.05, 3.63) is 114 Å². The normalized spacial score (nSPS) is 18.0. The van der Waals surface area contributed by atoms with Crippen LogP contribution in [-0.2, 0) is 14.9 Å². The van der Waals surface area contributed by atoms with E-state index in [9.17, 15) is 32.4 Å². The van der Waals surface area contributed by atoms with E-state index in [0.29, 0.717) is 11.1 Å². The molecule has 0 aliphatic carbocycles. The molecule has 3 atom stereocenters. The van der Waals surface area contributed by atoms with E-state index in [4.69, 9.17) is 0 Å². The molecule has 1 aliphatic rings. The molecule has 0 spiro atoms. The molecule has 5 rings (SSSR count). The number of aliphatic hydroxyl groups is 1. The first-order valence-electron chi connectivity index (χ1n) is 12.4. The number of hydrogen-bond acceptors (Lipinski definition) is 5. The number of halogens is 1. The van der Waals surface area contributed by atoms with Crippen molar-refractivity contribution in [3.63, 3.8) is 0 Å². The molecule has 7 nitrogen and oxygen atoms in total. The van der Waals surface area contributed by atoms with Gasteiger partial charge in [0.25, 0.3) is 10.1 Å². The van der Waals surface area contributed by atoms with E-state index in [1.807, 2.05) is 18.2 Å². The SMILES string of the molecule is O=C1[C@H](CC[C@H](O)c2ccccc2)[C@@H](c2ccc(-c3ccccc3S(=O)(=O)O)cc2O)N1c1ccccc1F. The summed E-state index contributed by atoms with van der Waals surface area (Å²) in [7, 11) is -4.52. The molecule has 4 aromatic carbocycles. The lowest BCUT2D eigenvalue weighted by Crippen LogP contribution is -2.55. The minimum atomic E-state index is -4.52. The summed E-state index contributed by atoms with van der Waals surface area (Å²) >= 11 is 0. The number of carbonyl (C=O) groups excluding carboxylic acids is 1. The van der Waals surface area contributed by atoms with Crippen LogP contribution in [0.3, 0.4) is 0 Å². The number of hydrogen-bond donors (Lipinski definition) is 3. The van der Waals surface area contributed by atoms with Gasteiger partial charge in [-0.05, 0) is 48.2 Å². The Kier molecular flexibility index (Phi) is 7.22. The van der Waals surface area contributed by atoms with Crippen LogP contribution in [0.15, 0.2) is 102 Å². The predicted octanol–water partition coefficient (Wildman–Crippen LogP) is 5.66. The van der Waals surface area contributed by atoms with Gasteiger partial charge in [0.15, 0.2) is 0 Å². The number of phenolic OH excluding ortho intramolecular Hbond substituents is 1. The number of anilines is 1. The molecular weight excluding hydrogens is 521 g/mol. The Morgan fingerprint density at radius 1 is 0.897 bits per heavy atom. The number of aromatic hydroxyl groups is 1. The highest BCUT2D eigenvalue weighted by atomic mass is 32.2. The Morgan fingerprint density at radius 2 is 1.56 bits per heavy atom. The number of β-lactam (4-membered cyclic amide) rings is 1. The van der Waals surface area contributed by atoms with Gasteiger partial charge in [-0.1, -0.05) is 72.8 Å². The number of nitrogens with zero attached hydrogens (tertiary/aromatic N) is 1. The molecule has 1 fully saturated rings. The minimum absolute atomic E-state index is 0.0764. The molecule has 9 heteroatoms. The van der Waals surface area contributed by atoms with Gasteiger partial charge in [0.05, 0.1) is 23.8 Å². The quantitative estimate of drug-likeness (QED) is 0.194. The molecule has 0 radical (unpaired) electrons. The van der Waals surface area contributed by atoms with Gasteiger partial charge in [-0.2, -0.15) is 8.42 Å². The Labute approximate surface area is 225 Å². The summed E-state index contributed by atoms with van der Waals surface area (Å²) in [6.07, 6.45) is -0.227. The van der Waals surface area contributed by atoms with Crippen LogP contribution in [0.25, 0.3) is 11.1 Å². The highest BCUT2D eigenvalue weighted by Gasteiger charge is 2.50. The van der Waals surface area contributed by atoms with Crippen molar-refractivity contribution in [1.29, 1.82) is 0 Å². The van der Waals surface area contributed by atoms with Gasteiger partial charge in [0.2, 0.25) is 5.91 Å². The summed E-state index contributed by atoms with van der Waals surface area (Å²) < 4.78 is 48.1. The third-order valence-electron chi connectivity index (χ3n) is 7.09. The lowest BCUT2D eigenvalue weighted by atomic mass is 9.77. The van der Waals surface area contributed by atoms with Gasteiger partial charge in [0, 0.05) is 11.1 Å². The molecule has 0 aromatic heterocycles. The van der Waals surface area contributed by atoms with E-state index in [0.717, 1.165) is 5.56 Å². The number of rotatable bonds is 8. The van der Waals surface area contributed by atoms with E-state index in [2.05, 4.69) is 0 Å². The van der Waals surface area contributed by atoms with Crippen LogP contribution in [0.1, 0.15) is 36.1 Å². The van der Waals surface area contributed by atoms with Crippen LogP contribution < -0.4 is 4.90 Å². The van der Waals surface area contributed by atoms with E-state index in [-0.39, 0.29) is 40.6 Å². The molecule has 200 valence electrons. The smallest absolute Gasteiger partial charge is 0.295 e. The zero-order valence-electron chi connectivity index (χ0n) is 20.7. The number of benzene rings is 4. The first-order valence-corrected chi connectivity index (χ1v) is 13.8. The predicted molar refractivity (Wildman–Crippen MR) is 144 cm³/mol. The molecule has 39 heavy (non-hydrogen) atoms. The highest BCUT2D eigenvalue weighted by molar-refractivity contribution is 7.86. The van der Waals surface area contributed by atoms with Gasteiger partial charge in [-0.3, -0.25) is 9.35 Å².